The predicted octanol–water partition coefficient (Wildman–Crippen LogP) is 4.72. The molecule has 0 aliphatic rings. The van der Waals surface area contributed by atoms with Crippen LogP contribution in [0.4, 0.5) is 11.4 Å². The van der Waals surface area contributed by atoms with Crippen LogP contribution in [0.25, 0.3) is 0 Å². The Balaban J connectivity index is 1.74. The van der Waals surface area contributed by atoms with E-state index in [0.29, 0.717) is 17.0 Å². The van der Waals surface area contributed by atoms with Crippen molar-refractivity contribution in [3.8, 4) is 5.75 Å². The topological polar surface area (TPSA) is 80.3 Å². The molecule has 148 valence electrons. The van der Waals surface area contributed by atoms with Gasteiger partial charge in [0.2, 0.25) is 0 Å². The highest BCUT2D eigenvalue weighted by Crippen LogP contribution is 2.24. The minimum absolute atomic E-state index is 0.172. The number of nitrogens with zero attached hydrogens (tertiary/aromatic N) is 1. The third-order valence-electron chi connectivity index (χ3n) is 4.43. The summed E-state index contributed by atoms with van der Waals surface area (Å²) in [5.41, 5.74) is 2.92. The van der Waals surface area contributed by atoms with Crippen LogP contribution in [0.15, 0.2) is 66.9 Å². The molecule has 0 unspecified atom stereocenters. The highest BCUT2D eigenvalue weighted by molar-refractivity contribution is 6.08. The maximum Gasteiger partial charge on any atom is 0.274 e. The van der Waals surface area contributed by atoms with Gasteiger partial charge in [0.05, 0.1) is 7.11 Å². The van der Waals surface area contributed by atoms with Gasteiger partial charge in [-0.2, -0.15) is 0 Å². The Bertz CT molecular complexity index is 1010. The monoisotopic (exact) mass is 389 g/mol. The van der Waals surface area contributed by atoms with Crippen molar-refractivity contribution in [3.63, 3.8) is 0 Å². The second kappa shape index (κ2) is 9.01. The smallest absolute Gasteiger partial charge is 0.274 e. The maximum atomic E-state index is 12.7. The van der Waals surface area contributed by atoms with Crippen LogP contribution < -0.4 is 15.4 Å². The van der Waals surface area contributed by atoms with Crippen LogP contribution in [0.5, 0.6) is 5.75 Å². The first-order valence-corrected chi connectivity index (χ1v) is 9.29. The van der Waals surface area contributed by atoms with E-state index in [4.69, 9.17) is 4.74 Å². The van der Waals surface area contributed by atoms with Crippen LogP contribution in [-0.2, 0) is 0 Å². The van der Waals surface area contributed by atoms with Gasteiger partial charge in [-0.1, -0.05) is 32.0 Å². The number of para-hydroxylation sites is 1. The number of ether oxygens (including phenoxy) is 1. The lowest BCUT2D eigenvalue weighted by molar-refractivity contribution is 0.102. The summed E-state index contributed by atoms with van der Waals surface area (Å²) in [5.74, 6) is 0.278. The molecule has 2 amide bonds. The molecular formula is C23H23N3O3. The Kier molecular flexibility index (Phi) is 6.24. The lowest BCUT2D eigenvalue weighted by Crippen LogP contribution is -2.17. The van der Waals surface area contributed by atoms with Gasteiger partial charge in [-0.25, -0.2) is 0 Å². The molecule has 1 heterocycles. The van der Waals surface area contributed by atoms with Crippen molar-refractivity contribution in [1.29, 1.82) is 0 Å². The number of benzene rings is 2. The van der Waals surface area contributed by atoms with Crippen molar-refractivity contribution in [3.05, 3.63) is 83.7 Å². The standard InChI is InChI=1S/C23H23N3O3/c1-15(2)19-6-4-5-7-20(19)26-23(28)21-14-16(12-13-24-21)22(27)25-17-8-10-18(29-3)11-9-17/h4-15H,1-3H3,(H,25,27)(H,26,28). The fraction of sp³-hybridized carbons (Fsp3) is 0.174. The summed E-state index contributed by atoms with van der Waals surface area (Å²) in [6.45, 7) is 4.13. The lowest BCUT2D eigenvalue weighted by Gasteiger charge is -2.13. The van der Waals surface area contributed by atoms with E-state index in [2.05, 4.69) is 29.5 Å². The van der Waals surface area contributed by atoms with Crippen LogP contribution >= 0.6 is 0 Å². The average molecular weight is 389 g/mol. The van der Waals surface area contributed by atoms with Gasteiger partial charge < -0.3 is 15.4 Å². The van der Waals surface area contributed by atoms with Crippen molar-refractivity contribution in [2.24, 2.45) is 0 Å². The molecule has 0 saturated heterocycles. The maximum absolute atomic E-state index is 12.7. The van der Waals surface area contributed by atoms with Gasteiger partial charge in [0.25, 0.3) is 11.8 Å². The first-order valence-electron chi connectivity index (χ1n) is 9.29. The number of aromatic nitrogens is 1. The Labute approximate surface area is 169 Å². The second-order valence-electron chi connectivity index (χ2n) is 6.81. The lowest BCUT2D eigenvalue weighted by atomic mass is 10.0. The molecular weight excluding hydrogens is 366 g/mol. The van der Waals surface area contributed by atoms with Crippen LogP contribution in [0.1, 0.15) is 46.2 Å². The quantitative estimate of drug-likeness (QED) is 0.639. The van der Waals surface area contributed by atoms with Crippen LogP contribution in [-0.4, -0.2) is 23.9 Å². The van der Waals surface area contributed by atoms with Crippen LogP contribution in [0, 0.1) is 0 Å². The molecule has 0 fully saturated rings. The number of carbonyl (C=O) groups is 2. The second-order valence-corrected chi connectivity index (χ2v) is 6.81. The molecule has 0 saturated carbocycles. The van der Waals surface area contributed by atoms with E-state index in [1.165, 1.54) is 12.3 Å². The van der Waals surface area contributed by atoms with E-state index in [1.807, 2.05) is 24.3 Å². The van der Waals surface area contributed by atoms with Crippen LogP contribution in [0.2, 0.25) is 0 Å². The van der Waals surface area contributed by atoms with Gasteiger partial charge in [0.15, 0.2) is 0 Å². The summed E-state index contributed by atoms with van der Waals surface area (Å²) < 4.78 is 5.11. The summed E-state index contributed by atoms with van der Waals surface area (Å²) >= 11 is 0. The summed E-state index contributed by atoms with van der Waals surface area (Å²) in [4.78, 5) is 29.3. The molecule has 0 bridgehead atoms. The van der Waals surface area contributed by atoms with Gasteiger partial charge >= 0.3 is 0 Å². The summed E-state index contributed by atoms with van der Waals surface area (Å²) in [7, 11) is 1.58. The van der Waals surface area contributed by atoms with Gasteiger partial charge in [-0.3, -0.25) is 14.6 Å². The Morgan fingerprint density at radius 2 is 1.66 bits per heavy atom. The van der Waals surface area contributed by atoms with Crippen molar-refractivity contribution >= 4 is 23.2 Å². The van der Waals surface area contributed by atoms with Gasteiger partial charge in [-0.15, -0.1) is 0 Å². The molecule has 0 atom stereocenters. The van der Waals surface area contributed by atoms with Crippen molar-refractivity contribution in [1.82, 2.24) is 4.98 Å². The zero-order valence-corrected chi connectivity index (χ0v) is 16.6. The molecule has 0 aliphatic heterocycles. The number of hydrogen-bond acceptors (Lipinski definition) is 4. The number of nitrogens with one attached hydrogen (secondary N) is 2. The van der Waals surface area contributed by atoms with E-state index in [9.17, 15) is 9.59 Å². The molecule has 6 heteroatoms. The fourth-order valence-corrected chi connectivity index (χ4v) is 2.87. The van der Waals surface area contributed by atoms with E-state index >= 15 is 0 Å². The third kappa shape index (κ3) is 4.99. The van der Waals surface area contributed by atoms with E-state index in [0.717, 1.165) is 11.3 Å². The highest BCUT2D eigenvalue weighted by atomic mass is 16.5. The zero-order chi connectivity index (χ0) is 20.8. The number of carbonyl (C=O) groups excluding carboxylic acids is 2. The molecule has 3 rings (SSSR count). The van der Waals surface area contributed by atoms with E-state index in [-0.39, 0.29) is 23.4 Å². The first kappa shape index (κ1) is 20.1. The van der Waals surface area contributed by atoms with E-state index in [1.54, 1.807) is 37.4 Å². The summed E-state index contributed by atoms with van der Waals surface area (Å²) in [6, 6.07) is 17.7. The number of anilines is 2. The molecule has 2 aromatic carbocycles. The largest absolute Gasteiger partial charge is 0.497 e. The Morgan fingerprint density at radius 1 is 0.931 bits per heavy atom. The summed E-state index contributed by atoms with van der Waals surface area (Å²) in [6.07, 6.45) is 1.45. The first-order chi connectivity index (χ1) is 14.0. The number of rotatable bonds is 6. The number of hydrogen-bond donors (Lipinski definition) is 2. The zero-order valence-electron chi connectivity index (χ0n) is 16.6. The predicted molar refractivity (Wildman–Crippen MR) is 114 cm³/mol. The van der Waals surface area contributed by atoms with Gasteiger partial charge in [-0.05, 0) is 53.9 Å². The van der Waals surface area contributed by atoms with Crippen molar-refractivity contribution < 1.29 is 14.3 Å². The highest BCUT2D eigenvalue weighted by Gasteiger charge is 2.14. The van der Waals surface area contributed by atoms with Crippen molar-refractivity contribution in [2.45, 2.75) is 19.8 Å². The third-order valence-corrected chi connectivity index (χ3v) is 4.43. The molecule has 0 aliphatic carbocycles. The molecule has 0 radical (unpaired) electrons. The summed E-state index contributed by atoms with van der Waals surface area (Å²) in [5, 5.41) is 5.69. The molecule has 2 N–H and O–H groups in total. The fourth-order valence-electron chi connectivity index (χ4n) is 2.87. The van der Waals surface area contributed by atoms with Gasteiger partial charge in [0, 0.05) is 23.1 Å². The molecule has 3 aromatic rings. The molecule has 1 aromatic heterocycles. The Morgan fingerprint density at radius 3 is 2.34 bits per heavy atom. The average Bonchev–Trinajstić information content (AvgIpc) is 2.74. The van der Waals surface area contributed by atoms with E-state index < -0.39 is 0 Å². The number of amides is 2. The molecule has 6 nitrogen and oxygen atoms in total. The molecule has 0 spiro atoms. The SMILES string of the molecule is COc1ccc(NC(=O)c2ccnc(C(=O)Nc3ccccc3C(C)C)c2)cc1. The van der Waals surface area contributed by atoms with Crippen molar-refractivity contribution in [2.75, 3.05) is 17.7 Å². The number of methoxy groups -OCH3 is 1. The van der Waals surface area contributed by atoms with Crippen LogP contribution in [0.3, 0.4) is 0 Å². The molecule has 29 heavy (non-hydrogen) atoms. The minimum atomic E-state index is -0.364. The normalized spacial score (nSPS) is 10.5. The number of pyridine rings is 1. The van der Waals surface area contributed by atoms with Gasteiger partial charge in [0.1, 0.15) is 11.4 Å². The Hall–Kier alpha value is -3.67. The minimum Gasteiger partial charge on any atom is -0.497 e.